The first-order valence-corrected chi connectivity index (χ1v) is 5.69. The van der Waals surface area contributed by atoms with Crippen LogP contribution in [0.25, 0.3) is 0 Å². The van der Waals surface area contributed by atoms with Gasteiger partial charge in [-0.05, 0) is 13.3 Å². The Kier molecular flexibility index (Phi) is 2.21. The summed E-state index contributed by atoms with van der Waals surface area (Å²) in [5, 5.41) is 7.13. The molecule has 1 N–H and O–H groups in total. The van der Waals surface area contributed by atoms with E-state index >= 15 is 0 Å². The van der Waals surface area contributed by atoms with Crippen molar-refractivity contribution in [1.29, 1.82) is 0 Å². The van der Waals surface area contributed by atoms with E-state index in [4.69, 9.17) is 4.52 Å². The molecule has 1 amide bonds. The molecule has 5 heteroatoms. The standard InChI is InChI=1S/C11H15N3O2/c1-7-9(6-16-13-7)11(15)14-3-2-10-8(5-14)4-12-10/h6,8,10,12H,2-5H2,1H3. The van der Waals surface area contributed by atoms with Gasteiger partial charge in [-0.3, -0.25) is 4.79 Å². The minimum absolute atomic E-state index is 0.0594. The number of hydrogen-bond donors (Lipinski definition) is 1. The largest absolute Gasteiger partial charge is 0.364 e. The van der Waals surface area contributed by atoms with Crippen molar-refractivity contribution < 1.29 is 9.32 Å². The van der Waals surface area contributed by atoms with Crippen LogP contribution < -0.4 is 5.32 Å². The molecule has 2 saturated heterocycles. The lowest BCUT2D eigenvalue weighted by atomic mass is 9.85. The molecule has 1 aromatic rings. The molecule has 86 valence electrons. The number of nitrogens with zero attached hydrogens (tertiary/aromatic N) is 2. The molecule has 0 saturated carbocycles. The maximum absolute atomic E-state index is 12.2. The van der Waals surface area contributed by atoms with Crippen LogP contribution in [0, 0.1) is 12.8 Å². The lowest BCUT2D eigenvalue weighted by Crippen LogP contribution is -2.62. The van der Waals surface area contributed by atoms with Gasteiger partial charge in [0.05, 0.1) is 5.69 Å². The summed E-state index contributed by atoms with van der Waals surface area (Å²) in [6.45, 7) is 4.53. The van der Waals surface area contributed by atoms with Gasteiger partial charge in [-0.1, -0.05) is 5.16 Å². The molecule has 16 heavy (non-hydrogen) atoms. The lowest BCUT2D eigenvalue weighted by molar-refractivity contribution is 0.0508. The monoisotopic (exact) mass is 221 g/mol. The van der Waals surface area contributed by atoms with Crippen LogP contribution in [0.1, 0.15) is 22.5 Å². The minimum atomic E-state index is 0.0594. The smallest absolute Gasteiger partial charge is 0.259 e. The van der Waals surface area contributed by atoms with Crippen molar-refractivity contribution in [2.45, 2.75) is 19.4 Å². The van der Waals surface area contributed by atoms with E-state index < -0.39 is 0 Å². The van der Waals surface area contributed by atoms with Crippen LogP contribution >= 0.6 is 0 Å². The predicted molar refractivity (Wildman–Crippen MR) is 57.0 cm³/mol. The summed E-state index contributed by atoms with van der Waals surface area (Å²) in [4.78, 5) is 14.1. The van der Waals surface area contributed by atoms with Crippen molar-refractivity contribution in [2.24, 2.45) is 5.92 Å². The second kappa shape index (κ2) is 3.59. The number of rotatable bonds is 1. The summed E-state index contributed by atoms with van der Waals surface area (Å²) >= 11 is 0. The Balaban J connectivity index is 1.73. The first kappa shape index (κ1) is 9.84. The third kappa shape index (κ3) is 1.43. The molecule has 0 aromatic carbocycles. The summed E-state index contributed by atoms with van der Waals surface area (Å²) < 4.78 is 4.81. The summed E-state index contributed by atoms with van der Waals surface area (Å²) in [6.07, 6.45) is 2.50. The fourth-order valence-electron chi connectivity index (χ4n) is 2.50. The summed E-state index contributed by atoms with van der Waals surface area (Å²) in [5.74, 6) is 0.696. The number of nitrogens with one attached hydrogen (secondary N) is 1. The number of carbonyl (C=O) groups excluding carboxylic acids is 1. The molecule has 3 heterocycles. The van der Waals surface area contributed by atoms with E-state index in [1.807, 2.05) is 4.90 Å². The van der Waals surface area contributed by atoms with E-state index in [1.54, 1.807) is 6.92 Å². The van der Waals surface area contributed by atoms with Gasteiger partial charge >= 0.3 is 0 Å². The van der Waals surface area contributed by atoms with Crippen LogP contribution in [-0.2, 0) is 0 Å². The van der Waals surface area contributed by atoms with Crippen LogP contribution in [0.15, 0.2) is 10.8 Å². The number of piperidine rings is 1. The average molecular weight is 221 g/mol. The zero-order valence-electron chi connectivity index (χ0n) is 9.27. The predicted octanol–water partition coefficient (Wildman–Crippen LogP) is 0.417. The average Bonchev–Trinajstić information content (AvgIpc) is 2.65. The number of carbonyl (C=O) groups is 1. The first-order chi connectivity index (χ1) is 7.75. The van der Waals surface area contributed by atoms with Crippen molar-refractivity contribution in [2.75, 3.05) is 19.6 Å². The highest BCUT2D eigenvalue weighted by atomic mass is 16.5. The Bertz CT molecular complexity index is 415. The van der Waals surface area contributed by atoms with Crippen LogP contribution in [-0.4, -0.2) is 41.6 Å². The normalized spacial score (nSPS) is 28.4. The minimum Gasteiger partial charge on any atom is -0.364 e. The second-order valence-corrected chi connectivity index (χ2v) is 4.63. The van der Waals surface area contributed by atoms with Gasteiger partial charge in [-0.25, -0.2) is 0 Å². The maximum Gasteiger partial charge on any atom is 0.259 e. The summed E-state index contributed by atoms with van der Waals surface area (Å²) in [7, 11) is 0. The lowest BCUT2D eigenvalue weighted by Gasteiger charge is -2.46. The number of fused-ring (bicyclic) bond motifs is 1. The van der Waals surface area contributed by atoms with E-state index in [0.717, 1.165) is 26.1 Å². The Labute approximate surface area is 93.8 Å². The van der Waals surface area contributed by atoms with Crippen LogP contribution in [0.2, 0.25) is 0 Å². The molecule has 1 aromatic heterocycles. The van der Waals surface area contributed by atoms with Gasteiger partial charge in [0.1, 0.15) is 11.8 Å². The number of likely N-dealkylation sites (tertiary alicyclic amines) is 1. The Morgan fingerprint density at radius 1 is 1.69 bits per heavy atom. The quantitative estimate of drug-likeness (QED) is 0.746. The summed E-state index contributed by atoms with van der Waals surface area (Å²) in [5.41, 5.74) is 1.28. The van der Waals surface area contributed by atoms with E-state index in [9.17, 15) is 4.79 Å². The van der Waals surface area contributed by atoms with Crippen molar-refractivity contribution in [1.82, 2.24) is 15.4 Å². The molecule has 2 aliphatic rings. The third-order valence-electron chi connectivity index (χ3n) is 3.64. The topological polar surface area (TPSA) is 58.4 Å². The highest BCUT2D eigenvalue weighted by Gasteiger charge is 2.37. The van der Waals surface area contributed by atoms with Gasteiger partial charge in [0, 0.05) is 31.6 Å². The molecule has 3 rings (SSSR count). The molecule has 5 nitrogen and oxygen atoms in total. The van der Waals surface area contributed by atoms with E-state index in [-0.39, 0.29) is 5.91 Å². The molecule has 0 spiro atoms. The molecule has 0 bridgehead atoms. The second-order valence-electron chi connectivity index (χ2n) is 4.63. The van der Waals surface area contributed by atoms with Crippen LogP contribution in [0.5, 0.6) is 0 Å². The van der Waals surface area contributed by atoms with Gasteiger partial charge in [-0.15, -0.1) is 0 Å². The zero-order valence-corrected chi connectivity index (χ0v) is 9.27. The van der Waals surface area contributed by atoms with Crippen molar-refractivity contribution in [3.63, 3.8) is 0 Å². The fraction of sp³-hybridized carbons (Fsp3) is 0.636. The number of aromatic nitrogens is 1. The van der Waals surface area contributed by atoms with Gasteiger partial charge in [-0.2, -0.15) is 0 Å². The van der Waals surface area contributed by atoms with Crippen LogP contribution in [0.3, 0.4) is 0 Å². The van der Waals surface area contributed by atoms with Crippen molar-refractivity contribution in [3.8, 4) is 0 Å². The van der Waals surface area contributed by atoms with E-state index in [1.165, 1.54) is 6.26 Å². The Morgan fingerprint density at radius 2 is 2.56 bits per heavy atom. The summed E-state index contributed by atoms with van der Waals surface area (Å²) in [6, 6.07) is 0.632. The maximum atomic E-state index is 12.2. The molecule has 2 fully saturated rings. The third-order valence-corrected chi connectivity index (χ3v) is 3.64. The SMILES string of the molecule is Cc1nocc1C(=O)N1CCC2NCC2C1. The number of hydrogen-bond acceptors (Lipinski definition) is 4. The first-order valence-electron chi connectivity index (χ1n) is 5.69. The highest BCUT2D eigenvalue weighted by Crippen LogP contribution is 2.24. The fourth-order valence-corrected chi connectivity index (χ4v) is 2.50. The van der Waals surface area contributed by atoms with Crippen molar-refractivity contribution in [3.05, 3.63) is 17.5 Å². The highest BCUT2D eigenvalue weighted by molar-refractivity contribution is 5.94. The van der Waals surface area contributed by atoms with Gasteiger partial charge in [0.25, 0.3) is 5.91 Å². The zero-order chi connectivity index (χ0) is 11.1. The van der Waals surface area contributed by atoms with Gasteiger partial charge < -0.3 is 14.7 Å². The Hall–Kier alpha value is -1.36. The Morgan fingerprint density at radius 3 is 3.12 bits per heavy atom. The van der Waals surface area contributed by atoms with Gasteiger partial charge in [0.2, 0.25) is 0 Å². The molecular formula is C11H15N3O2. The molecule has 2 atom stereocenters. The van der Waals surface area contributed by atoms with E-state index in [2.05, 4.69) is 10.5 Å². The van der Waals surface area contributed by atoms with Crippen molar-refractivity contribution >= 4 is 5.91 Å². The molecule has 2 unspecified atom stereocenters. The number of amides is 1. The van der Waals surface area contributed by atoms with Crippen LogP contribution in [0.4, 0.5) is 0 Å². The van der Waals surface area contributed by atoms with E-state index in [0.29, 0.717) is 23.2 Å². The van der Waals surface area contributed by atoms with Gasteiger partial charge in [0.15, 0.2) is 0 Å². The molecular weight excluding hydrogens is 206 g/mol. The molecule has 0 aliphatic carbocycles. The molecule has 2 aliphatic heterocycles. The number of aryl methyl sites for hydroxylation is 1. The molecule has 0 radical (unpaired) electrons.